The van der Waals surface area contributed by atoms with Gasteiger partial charge in [0.2, 0.25) is 0 Å². The summed E-state index contributed by atoms with van der Waals surface area (Å²) < 4.78 is 10.9. The third-order valence-electron chi connectivity index (χ3n) is 2.67. The van der Waals surface area contributed by atoms with Crippen LogP contribution in [0.15, 0.2) is 36.4 Å². The first-order valence-corrected chi connectivity index (χ1v) is 6.00. The maximum absolute atomic E-state index is 5.63. The summed E-state index contributed by atoms with van der Waals surface area (Å²) in [6.07, 6.45) is 0. The molecular formula is C15H18O2. The molecule has 0 radical (unpaired) electrons. The molecule has 90 valence electrons. The summed E-state index contributed by atoms with van der Waals surface area (Å²) in [6.45, 7) is 6.06. The SMILES string of the molecule is CCOCCOc1ccc2ccc(C)cc2c1. The third kappa shape index (κ3) is 3.21. The zero-order valence-corrected chi connectivity index (χ0v) is 10.4. The number of hydrogen-bond donors (Lipinski definition) is 0. The molecule has 0 saturated heterocycles. The summed E-state index contributed by atoms with van der Waals surface area (Å²) in [5.74, 6) is 0.905. The molecule has 0 amide bonds. The predicted molar refractivity (Wildman–Crippen MR) is 70.7 cm³/mol. The molecule has 0 fully saturated rings. The Hall–Kier alpha value is -1.54. The van der Waals surface area contributed by atoms with E-state index in [1.54, 1.807) is 0 Å². The van der Waals surface area contributed by atoms with E-state index in [2.05, 4.69) is 37.3 Å². The van der Waals surface area contributed by atoms with Gasteiger partial charge in [-0.15, -0.1) is 0 Å². The van der Waals surface area contributed by atoms with Gasteiger partial charge in [0.1, 0.15) is 12.4 Å². The van der Waals surface area contributed by atoms with Crippen LogP contribution in [0, 0.1) is 6.92 Å². The summed E-state index contributed by atoms with van der Waals surface area (Å²) >= 11 is 0. The van der Waals surface area contributed by atoms with E-state index in [9.17, 15) is 0 Å². The molecule has 0 atom stereocenters. The Balaban J connectivity index is 2.08. The van der Waals surface area contributed by atoms with Crippen molar-refractivity contribution in [3.8, 4) is 5.75 Å². The van der Waals surface area contributed by atoms with Gasteiger partial charge >= 0.3 is 0 Å². The largest absolute Gasteiger partial charge is 0.491 e. The zero-order valence-electron chi connectivity index (χ0n) is 10.4. The number of hydrogen-bond acceptors (Lipinski definition) is 2. The van der Waals surface area contributed by atoms with Crippen molar-refractivity contribution in [2.75, 3.05) is 19.8 Å². The quantitative estimate of drug-likeness (QED) is 0.731. The Morgan fingerprint density at radius 1 is 0.941 bits per heavy atom. The van der Waals surface area contributed by atoms with Crippen LogP contribution < -0.4 is 4.74 Å². The number of aryl methyl sites for hydroxylation is 1. The van der Waals surface area contributed by atoms with Crippen molar-refractivity contribution < 1.29 is 9.47 Å². The first-order valence-electron chi connectivity index (χ1n) is 6.00. The summed E-state index contributed by atoms with van der Waals surface area (Å²) in [5.41, 5.74) is 1.27. The molecule has 0 aliphatic carbocycles. The molecule has 2 heteroatoms. The van der Waals surface area contributed by atoms with E-state index in [0.29, 0.717) is 13.2 Å². The van der Waals surface area contributed by atoms with Gasteiger partial charge in [-0.1, -0.05) is 29.8 Å². The number of ether oxygens (including phenoxy) is 2. The maximum atomic E-state index is 5.63. The lowest BCUT2D eigenvalue weighted by molar-refractivity contribution is 0.110. The molecule has 0 spiro atoms. The Morgan fingerprint density at radius 3 is 2.59 bits per heavy atom. The minimum absolute atomic E-state index is 0.602. The highest BCUT2D eigenvalue weighted by Gasteiger charge is 1.98. The Morgan fingerprint density at radius 2 is 1.76 bits per heavy atom. The van der Waals surface area contributed by atoms with Crippen molar-refractivity contribution in [1.82, 2.24) is 0 Å². The van der Waals surface area contributed by atoms with Crippen LogP contribution in [0.1, 0.15) is 12.5 Å². The lowest BCUT2D eigenvalue weighted by atomic mass is 10.1. The summed E-state index contributed by atoms with van der Waals surface area (Å²) in [6, 6.07) is 12.6. The average molecular weight is 230 g/mol. The molecular weight excluding hydrogens is 212 g/mol. The highest BCUT2D eigenvalue weighted by atomic mass is 16.5. The number of rotatable bonds is 5. The molecule has 0 unspecified atom stereocenters. The normalized spacial score (nSPS) is 10.7. The van der Waals surface area contributed by atoms with Crippen LogP contribution in [-0.4, -0.2) is 19.8 Å². The molecule has 0 bridgehead atoms. The fraction of sp³-hybridized carbons (Fsp3) is 0.333. The molecule has 2 aromatic rings. The molecule has 0 heterocycles. The van der Waals surface area contributed by atoms with E-state index in [1.807, 2.05) is 13.0 Å². The van der Waals surface area contributed by atoms with E-state index in [0.717, 1.165) is 12.4 Å². The fourth-order valence-corrected chi connectivity index (χ4v) is 1.80. The summed E-state index contributed by atoms with van der Waals surface area (Å²) in [4.78, 5) is 0. The predicted octanol–water partition coefficient (Wildman–Crippen LogP) is 3.56. The van der Waals surface area contributed by atoms with Crippen LogP contribution in [0.4, 0.5) is 0 Å². The topological polar surface area (TPSA) is 18.5 Å². The fourth-order valence-electron chi connectivity index (χ4n) is 1.80. The molecule has 2 aromatic carbocycles. The van der Waals surface area contributed by atoms with Crippen molar-refractivity contribution in [3.63, 3.8) is 0 Å². The van der Waals surface area contributed by atoms with E-state index in [-0.39, 0.29) is 0 Å². The van der Waals surface area contributed by atoms with Gasteiger partial charge < -0.3 is 9.47 Å². The van der Waals surface area contributed by atoms with Gasteiger partial charge in [-0.25, -0.2) is 0 Å². The Bertz CT molecular complexity index is 491. The lowest BCUT2D eigenvalue weighted by Crippen LogP contribution is -2.06. The Labute approximate surface area is 102 Å². The van der Waals surface area contributed by atoms with Crippen molar-refractivity contribution in [1.29, 1.82) is 0 Å². The lowest BCUT2D eigenvalue weighted by Gasteiger charge is -2.07. The van der Waals surface area contributed by atoms with E-state index in [4.69, 9.17) is 9.47 Å². The van der Waals surface area contributed by atoms with Crippen LogP contribution in [0.3, 0.4) is 0 Å². The van der Waals surface area contributed by atoms with Gasteiger partial charge in [0.25, 0.3) is 0 Å². The standard InChI is InChI=1S/C15H18O2/c1-3-16-8-9-17-15-7-6-13-5-4-12(2)10-14(13)11-15/h4-7,10-11H,3,8-9H2,1-2H3. The van der Waals surface area contributed by atoms with E-state index < -0.39 is 0 Å². The van der Waals surface area contributed by atoms with Gasteiger partial charge in [-0.3, -0.25) is 0 Å². The van der Waals surface area contributed by atoms with Gasteiger partial charge in [0.15, 0.2) is 0 Å². The maximum Gasteiger partial charge on any atom is 0.120 e. The van der Waals surface area contributed by atoms with Crippen LogP contribution in [0.2, 0.25) is 0 Å². The molecule has 17 heavy (non-hydrogen) atoms. The smallest absolute Gasteiger partial charge is 0.120 e. The number of benzene rings is 2. The van der Waals surface area contributed by atoms with Crippen molar-refractivity contribution in [3.05, 3.63) is 42.0 Å². The Kier molecular flexibility index (Phi) is 3.99. The van der Waals surface area contributed by atoms with E-state index >= 15 is 0 Å². The second-order valence-corrected chi connectivity index (χ2v) is 4.06. The van der Waals surface area contributed by atoms with Crippen LogP contribution in [0.5, 0.6) is 5.75 Å². The summed E-state index contributed by atoms with van der Waals surface area (Å²) in [7, 11) is 0. The second-order valence-electron chi connectivity index (χ2n) is 4.06. The van der Waals surface area contributed by atoms with Gasteiger partial charge in [-0.2, -0.15) is 0 Å². The monoisotopic (exact) mass is 230 g/mol. The van der Waals surface area contributed by atoms with E-state index in [1.165, 1.54) is 16.3 Å². The molecule has 0 N–H and O–H groups in total. The first-order chi connectivity index (χ1) is 8.29. The minimum atomic E-state index is 0.602. The number of fused-ring (bicyclic) bond motifs is 1. The third-order valence-corrected chi connectivity index (χ3v) is 2.67. The van der Waals surface area contributed by atoms with Crippen LogP contribution >= 0.6 is 0 Å². The second kappa shape index (κ2) is 5.69. The minimum Gasteiger partial charge on any atom is -0.491 e. The van der Waals surface area contributed by atoms with Gasteiger partial charge in [-0.05, 0) is 36.8 Å². The molecule has 0 aromatic heterocycles. The highest BCUT2D eigenvalue weighted by Crippen LogP contribution is 2.21. The molecule has 0 aliphatic rings. The highest BCUT2D eigenvalue weighted by molar-refractivity contribution is 5.84. The van der Waals surface area contributed by atoms with Crippen molar-refractivity contribution in [2.24, 2.45) is 0 Å². The van der Waals surface area contributed by atoms with Gasteiger partial charge in [0, 0.05) is 6.61 Å². The molecule has 0 saturated carbocycles. The van der Waals surface area contributed by atoms with Crippen molar-refractivity contribution in [2.45, 2.75) is 13.8 Å². The molecule has 2 rings (SSSR count). The van der Waals surface area contributed by atoms with Crippen LogP contribution in [0.25, 0.3) is 10.8 Å². The average Bonchev–Trinajstić information content (AvgIpc) is 2.34. The molecule has 0 aliphatic heterocycles. The van der Waals surface area contributed by atoms with Gasteiger partial charge in [0.05, 0.1) is 6.61 Å². The zero-order chi connectivity index (χ0) is 12.1. The van der Waals surface area contributed by atoms with Crippen molar-refractivity contribution >= 4 is 10.8 Å². The summed E-state index contributed by atoms with van der Waals surface area (Å²) in [5, 5.41) is 2.46. The first kappa shape index (κ1) is 11.9. The van der Waals surface area contributed by atoms with Crippen LogP contribution in [-0.2, 0) is 4.74 Å². The molecule has 2 nitrogen and oxygen atoms in total.